The molecule has 2 unspecified atom stereocenters. The molecule has 3 nitrogen and oxygen atoms in total. The highest BCUT2D eigenvalue weighted by molar-refractivity contribution is 5.28. The van der Waals surface area contributed by atoms with E-state index in [0.717, 1.165) is 6.42 Å². The second-order valence-corrected chi connectivity index (χ2v) is 6.87. The summed E-state index contributed by atoms with van der Waals surface area (Å²) in [6.07, 6.45) is 0.986. The van der Waals surface area contributed by atoms with Crippen molar-refractivity contribution in [3.05, 3.63) is 35.4 Å². The Morgan fingerprint density at radius 1 is 1.15 bits per heavy atom. The topological polar surface area (TPSA) is 47.3 Å². The number of benzene rings is 1. The maximum Gasteiger partial charge on any atom is 0.0763 e. The lowest BCUT2D eigenvalue weighted by molar-refractivity contribution is 0.0332. The molecule has 0 bridgehead atoms. The number of hydrazine groups is 1. The normalized spacial score (nSPS) is 15.4. The molecule has 0 aliphatic heterocycles. The van der Waals surface area contributed by atoms with Crippen molar-refractivity contribution in [1.82, 2.24) is 5.43 Å². The number of hydrogen-bond acceptors (Lipinski definition) is 3. The predicted molar refractivity (Wildman–Crippen MR) is 85.6 cm³/mol. The lowest BCUT2D eigenvalue weighted by Gasteiger charge is -2.28. The molecule has 1 aromatic rings. The van der Waals surface area contributed by atoms with Crippen LogP contribution in [0.3, 0.4) is 0 Å². The minimum atomic E-state index is 0.113. The summed E-state index contributed by atoms with van der Waals surface area (Å²) >= 11 is 0. The highest BCUT2D eigenvalue weighted by atomic mass is 16.5. The van der Waals surface area contributed by atoms with Crippen LogP contribution >= 0.6 is 0 Å². The van der Waals surface area contributed by atoms with E-state index in [2.05, 4.69) is 64.3 Å². The molecule has 0 aliphatic carbocycles. The van der Waals surface area contributed by atoms with E-state index in [1.807, 2.05) is 0 Å². The highest BCUT2D eigenvalue weighted by Crippen LogP contribution is 2.23. The van der Waals surface area contributed by atoms with Crippen molar-refractivity contribution in [2.75, 3.05) is 7.11 Å². The maximum absolute atomic E-state index is 5.70. The third-order valence-electron chi connectivity index (χ3n) is 3.82. The van der Waals surface area contributed by atoms with Crippen LogP contribution < -0.4 is 11.3 Å². The average Bonchev–Trinajstić information content (AvgIpc) is 2.37. The monoisotopic (exact) mass is 278 g/mol. The van der Waals surface area contributed by atoms with Crippen LogP contribution in [-0.2, 0) is 16.6 Å². The van der Waals surface area contributed by atoms with Crippen LogP contribution in [0, 0.1) is 5.92 Å². The summed E-state index contributed by atoms with van der Waals surface area (Å²) in [7, 11) is 1.75. The Kier molecular flexibility index (Phi) is 6.18. The number of rotatable bonds is 6. The van der Waals surface area contributed by atoms with Gasteiger partial charge in [0, 0.05) is 7.11 Å². The Morgan fingerprint density at radius 3 is 2.05 bits per heavy atom. The van der Waals surface area contributed by atoms with Gasteiger partial charge in [0.05, 0.1) is 12.1 Å². The van der Waals surface area contributed by atoms with E-state index in [0.29, 0.717) is 5.92 Å². The summed E-state index contributed by atoms with van der Waals surface area (Å²) in [5, 5.41) is 0. The van der Waals surface area contributed by atoms with Crippen LogP contribution in [0.5, 0.6) is 0 Å². The summed E-state index contributed by atoms with van der Waals surface area (Å²) in [5.74, 6) is 6.13. The van der Waals surface area contributed by atoms with Crippen LogP contribution in [-0.4, -0.2) is 19.3 Å². The van der Waals surface area contributed by atoms with Crippen molar-refractivity contribution in [3.63, 3.8) is 0 Å². The van der Waals surface area contributed by atoms with Gasteiger partial charge in [-0.05, 0) is 28.9 Å². The molecule has 0 fully saturated rings. The van der Waals surface area contributed by atoms with Gasteiger partial charge in [-0.2, -0.15) is 0 Å². The van der Waals surface area contributed by atoms with Gasteiger partial charge < -0.3 is 4.74 Å². The molecule has 0 heterocycles. The predicted octanol–water partition coefficient (Wildman–Crippen LogP) is 3.03. The van der Waals surface area contributed by atoms with Crippen LogP contribution in [0.1, 0.15) is 45.7 Å². The minimum Gasteiger partial charge on any atom is -0.380 e. The fraction of sp³-hybridized carbons (Fsp3) is 0.647. The number of nitrogens with one attached hydrogen (secondary N) is 1. The highest BCUT2D eigenvalue weighted by Gasteiger charge is 2.23. The Bertz CT molecular complexity index is 392. The van der Waals surface area contributed by atoms with Gasteiger partial charge in [-0.1, -0.05) is 58.9 Å². The van der Waals surface area contributed by atoms with Crippen LogP contribution in [0.25, 0.3) is 0 Å². The number of methoxy groups -OCH3 is 1. The Morgan fingerprint density at radius 2 is 1.70 bits per heavy atom. The van der Waals surface area contributed by atoms with Crippen molar-refractivity contribution < 1.29 is 4.74 Å². The molecule has 0 spiro atoms. The van der Waals surface area contributed by atoms with Gasteiger partial charge in [0.25, 0.3) is 0 Å². The third-order valence-corrected chi connectivity index (χ3v) is 3.82. The Hall–Kier alpha value is -0.900. The molecule has 0 radical (unpaired) electrons. The standard InChI is InChI=1S/C17H30N2O/c1-12(2)16(20-6)15(19-18)11-13-7-9-14(10-8-13)17(3,4)5/h7-10,12,15-16,19H,11,18H2,1-6H3. The second kappa shape index (κ2) is 7.21. The van der Waals surface area contributed by atoms with E-state index < -0.39 is 0 Å². The maximum atomic E-state index is 5.70. The summed E-state index contributed by atoms with van der Waals surface area (Å²) in [6.45, 7) is 11.0. The Balaban J connectivity index is 2.80. The molecule has 1 rings (SSSR count). The van der Waals surface area contributed by atoms with Gasteiger partial charge in [0.2, 0.25) is 0 Å². The fourth-order valence-electron chi connectivity index (χ4n) is 2.57. The first-order valence-electron chi connectivity index (χ1n) is 7.38. The van der Waals surface area contributed by atoms with Gasteiger partial charge in [-0.25, -0.2) is 0 Å². The first-order chi connectivity index (χ1) is 9.29. The summed E-state index contributed by atoms with van der Waals surface area (Å²) < 4.78 is 5.57. The molecule has 2 atom stereocenters. The van der Waals surface area contributed by atoms with Crippen molar-refractivity contribution in [1.29, 1.82) is 0 Å². The van der Waals surface area contributed by atoms with Crippen LogP contribution in [0.4, 0.5) is 0 Å². The molecular formula is C17H30N2O. The van der Waals surface area contributed by atoms with Gasteiger partial charge in [-0.3, -0.25) is 11.3 Å². The molecule has 0 aromatic heterocycles. The lowest BCUT2D eigenvalue weighted by Crippen LogP contribution is -2.48. The van der Waals surface area contributed by atoms with Gasteiger partial charge >= 0.3 is 0 Å². The largest absolute Gasteiger partial charge is 0.380 e. The van der Waals surface area contributed by atoms with E-state index in [4.69, 9.17) is 10.6 Å². The number of ether oxygens (including phenoxy) is 1. The zero-order valence-corrected chi connectivity index (χ0v) is 13.7. The zero-order valence-electron chi connectivity index (χ0n) is 13.7. The van der Waals surface area contributed by atoms with Crippen molar-refractivity contribution in [2.24, 2.45) is 11.8 Å². The van der Waals surface area contributed by atoms with Crippen molar-refractivity contribution >= 4 is 0 Å². The molecule has 0 saturated heterocycles. The molecule has 0 amide bonds. The summed E-state index contributed by atoms with van der Waals surface area (Å²) in [6, 6.07) is 8.93. The molecule has 114 valence electrons. The van der Waals surface area contributed by atoms with Gasteiger partial charge in [0.1, 0.15) is 0 Å². The van der Waals surface area contributed by atoms with Gasteiger partial charge in [-0.15, -0.1) is 0 Å². The van der Waals surface area contributed by atoms with E-state index >= 15 is 0 Å². The van der Waals surface area contributed by atoms with Gasteiger partial charge in [0.15, 0.2) is 0 Å². The molecule has 1 aromatic carbocycles. The third kappa shape index (κ3) is 4.58. The number of hydrogen-bond donors (Lipinski definition) is 2. The molecular weight excluding hydrogens is 248 g/mol. The molecule has 0 saturated carbocycles. The van der Waals surface area contributed by atoms with E-state index in [-0.39, 0.29) is 17.6 Å². The van der Waals surface area contributed by atoms with E-state index in [1.165, 1.54) is 11.1 Å². The first-order valence-corrected chi connectivity index (χ1v) is 7.38. The van der Waals surface area contributed by atoms with Crippen LogP contribution in [0.15, 0.2) is 24.3 Å². The molecule has 3 heteroatoms. The summed E-state index contributed by atoms with van der Waals surface area (Å²) in [4.78, 5) is 0. The average molecular weight is 278 g/mol. The van der Waals surface area contributed by atoms with Crippen LogP contribution in [0.2, 0.25) is 0 Å². The SMILES string of the molecule is COC(C(C)C)C(Cc1ccc(C(C)(C)C)cc1)NN. The molecule has 0 aliphatic rings. The van der Waals surface area contributed by atoms with E-state index in [1.54, 1.807) is 7.11 Å². The summed E-state index contributed by atoms with van der Waals surface area (Å²) in [5.41, 5.74) is 5.73. The van der Waals surface area contributed by atoms with Crippen molar-refractivity contribution in [3.8, 4) is 0 Å². The van der Waals surface area contributed by atoms with Crippen molar-refractivity contribution in [2.45, 2.75) is 58.6 Å². The first kappa shape index (κ1) is 17.2. The molecule has 3 N–H and O–H groups in total. The Labute approximate surface area is 123 Å². The lowest BCUT2D eigenvalue weighted by atomic mass is 9.86. The van der Waals surface area contributed by atoms with E-state index in [9.17, 15) is 0 Å². The fourth-order valence-corrected chi connectivity index (χ4v) is 2.57. The smallest absolute Gasteiger partial charge is 0.0763 e. The minimum absolute atomic E-state index is 0.113. The molecule has 20 heavy (non-hydrogen) atoms. The quantitative estimate of drug-likeness (QED) is 0.621. The second-order valence-electron chi connectivity index (χ2n) is 6.87. The zero-order chi connectivity index (χ0) is 15.3. The number of nitrogens with two attached hydrogens (primary N) is 1.